The van der Waals surface area contributed by atoms with Crippen LogP contribution in [0.25, 0.3) is 0 Å². The summed E-state index contributed by atoms with van der Waals surface area (Å²) in [4.78, 5) is 26.3. The monoisotopic (exact) mass is 407 g/mol. The van der Waals surface area contributed by atoms with Crippen LogP contribution >= 0.6 is 0 Å². The first-order valence-electron chi connectivity index (χ1n) is 8.82. The van der Waals surface area contributed by atoms with Crippen LogP contribution in [0.3, 0.4) is 0 Å². The lowest BCUT2D eigenvalue weighted by molar-refractivity contribution is 0.0977. The van der Waals surface area contributed by atoms with E-state index in [9.17, 15) is 18.0 Å². The molecule has 1 aliphatic carbocycles. The van der Waals surface area contributed by atoms with Crippen molar-refractivity contribution in [2.45, 2.75) is 11.8 Å². The third-order valence-corrected chi connectivity index (χ3v) is 6.21. The van der Waals surface area contributed by atoms with Crippen molar-refractivity contribution in [1.29, 1.82) is 0 Å². The van der Waals surface area contributed by atoms with Crippen LogP contribution in [0, 0.1) is 6.92 Å². The van der Waals surface area contributed by atoms with E-state index in [1.807, 2.05) is 6.92 Å². The van der Waals surface area contributed by atoms with Crippen LogP contribution in [-0.2, 0) is 10.0 Å². The maximum atomic E-state index is 13.2. The predicted molar refractivity (Wildman–Crippen MR) is 108 cm³/mol. The quantitative estimate of drug-likeness (QED) is 0.559. The molecule has 0 atom stereocenters. The fraction of sp³-hybridized carbons (Fsp3) is 0.0909. The number of aryl methyl sites for hydroxylation is 1. The fourth-order valence-electron chi connectivity index (χ4n) is 3.37. The molecule has 3 aromatic rings. The number of hydrogen-bond donors (Lipinski definition) is 1. The van der Waals surface area contributed by atoms with Crippen LogP contribution in [0.15, 0.2) is 65.6 Å². The fourth-order valence-corrected chi connectivity index (χ4v) is 4.44. The predicted octanol–water partition coefficient (Wildman–Crippen LogP) is 3.58. The molecule has 7 heteroatoms. The van der Waals surface area contributed by atoms with E-state index in [4.69, 9.17) is 4.74 Å². The molecule has 0 saturated carbocycles. The Kier molecular flexibility index (Phi) is 4.47. The van der Waals surface area contributed by atoms with Gasteiger partial charge in [-0.05, 0) is 31.2 Å². The molecule has 0 radical (unpaired) electrons. The number of hydrogen-bond acceptors (Lipinski definition) is 5. The van der Waals surface area contributed by atoms with Crippen molar-refractivity contribution in [3.63, 3.8) is 0 Å². The maximum absolute atomic E-state index is 13.2. The average Bonchev–Trinajstić information content (AvgIpc) is 2.72. The summed E-state index contributed by atoms with van der Waals surface area (Å²) in [5.74, 6) is -0.606. The molecule has 4 rings (SSSR count). The standard InChI is InChI=1S/C22H17NO5S/c1-13-7-9-14(10-8-13)29(26,27)23-17-11-12-18(28-2)20-19(17)21(24)15-5-3-4-6-16(15)22(20)25/h3-12,23H,1-2H3. The summed E-state index contributed by atoms with van der Waals surface area (Å²) in [6, 6.07) is 15.7. The summed E-state index contributed by atoms with van der Waals surface area (Å²) < 4.78 is 33.4. The summed E-state index contributed by atoms with van der Waals surface area (Å²) >= 11 is 0. The largest absolute Gasteiger partial charge is 0.496 e. The van der Waals surface area contributed by atoms with Gasteiger partial charge in [0.05, 0.1) is 28.8 Å². The van der Waals surface area contributed by atoms with E-state index in [2.05, 4.69) is 4.72 Å². The first-order valence-corrected chi connectivity index (χ1v) is 10.3. The Morgan fingerprint density at radius 3 is 1.97 bits per heavy atom. The molecule has 0 fully saturated rings. The van der Waals surface area contributed by atoms with Gasteiger partial charge in [-0.1, -0.05) is 42.0 Å². The lowest BCUT2D eigenvalue weighted by Crippen LogP contribution is -2.24. The summed E-state index contributed by atoms with van der Waals surface area (Å²) in [6.45, 7) is 1.85. The molecule has 1 N–H and O–H groups in total. The van der Waals surface area contributed by atoms with Gasteiger partial charge in [0.15, 0.2) is 11.6 Å². The van der Waals surface area contributed by atoms with Crippen molar-refractivity contribution in [3.05, 3.63) is 88.5 Å². The number of ketones is 2. The normalized spacial score (nSPS) is 12.9. The summed E-state index contributed by atoms with van der Waals surface area (Å²) in [7, 11) is -2.56. The van der Waals surface area contributed by atoms with E-state index in [1.54, 1.807) is 36.4 Å². The Morgan fingerprint density at radius 1 is 0.793 bits per heavy atom. The molecule has 1 aliphatic rings. The number of methoxy groups -OCH3 is 1. The highest BCUT2D eigenvalue weighted by Gasteiger charge is 2.35. The second kappa shape index (κ2) is 6.86. The minimum atomic E-state index is -3.96. The average molecular weight is 407 g/mol. The zero-order valence-corrected chi connectivity index (χ0v) is 16.5. The van der Waals surface area contributed by atoms with Crippen LogP contribution in [0.5, 0.6) is 5.75 Å². The summed E-state index contributed by atoms with van der Waals surface area (Å²) in [5.41, 5.74) is 1.50. The third kappa shape index (κ3) is 3.09. The molecule has 0 bridgehead atoms. The molecule has 0 unspecified atom stereocenters. The molecule has 6 nitrogen and oxygen atoms in total. The number of carbonyl (C=O) groups is 2. The Hall–Kier alpha value is -3.45. The van der Waals surface area contributed by atoms with E-state index >= 15 is 0 Å². The van der Waals surface area contributed by atoms with E-state index in [1.165, 1.54) is 31.4 Å². The van der Waals surface area contributed by atoms with E-state index < -0.39 is 15.8 Å². The smallest absolute Gasteiger partial charge is 0.261 e. The second-order valence-corrected chi connectivity index (χ2v) is 8.37. The zero-order chi connectivity index (χ0) is 20.8. The van der Waals surface area contributed by atoms with Crippen molar-refractivity contribution in [3.8, 4) is 5.75 Å². The molecule has 0 aliphatic heterocycles. The summed E-state index contributed by atoms with van der Waals surface area (Å²) in [5, 5.41) is 0. The maximum Gasteiger partial charge on any atom is 0.261 e. The van der Waals surface area contributed by atoms with Gasteiger partial charge in [-0.15, -0.1) is 0 Å². The van der Waals surface area contributed by atoms with E-state index in [0.29, 0.717) is 0 Å². The van der Waals surface area contributed by atoms with Gasteiger partial charge in [-0.25, -0.2) is 8.42 Å². The Labute approximate surface area is 168 Å². The number of ether oxygens (including phenoxy) is 1. The Balaban J connectivity index is 1.88. The molecule has 3 aromatic carbocycles. The minimum absolute atomic E-state index is 0.0104. The van der Waals surface area contributed by atoms with Gasteiger partial charge < -0.3 is 4.74 Å². The molecule has 29 heavy (non-hydrogen) atoms. The first-order chi connectivity index (χ1) is 13.8. The number of rotatable bonds is 4. The Bertz CT molecular complexity index is 1260. The van der Waals surface area contributed by atoms with Crippen molar-refractivity contribution in [1.82, 2.24) is 0 Å². The van der Waals surface area contributed by atoms with Gasteiger partial charge in [0.1, 0.15) is 5.75 Å². The molecule has 0 heterocycles. The third-order valence-electron chi connectivity index (χ3n) is 4.83. The van der Waals surface area contributed by atoms with E-state index in [0.717, 1.165) is 5.56 Å². The lowest BCUT2D eigenvalue weighted by Gasteiger charge is -2.22. The number of nitrogens with one attached hydrogen (secondary N) is 1. The van der Waals surface area contributed by atoms with Crippen LogP contribution in [0.4, 0.5) is 5.69 Å². The molecule has 0 saturated heterocycles. The molecular formula is C22H17NO5S. The minimum Gasteiger partial charge on any atom is -0.496 e. The summed E-state index contributed by atoms with van der Waals surface area (Å²) in [6.07, 6.45) is 0. The van der Waals surface area contributed by atoms with Crippen molar-refractivity contribution in [2.75, 3.05) is 11.8 Å². The van der Waals surface area contributed by atoms with Crippen LogP contribution < -0.4 is 9.46 Å². The zero-order valence-electron chi connectivity index (χ0n) is 15.7. The number of fused-ring (bicyclic) bond motifs is 2. The molecule has 0 spiro atoms. The van der Waals surface area contributed by atoms with Gasteiger partial charge in [0, 0.05) is 11.1 Å². The van der Waals surface area contributed by atoms with Crippen molar-refractivity contribution in [2.24, 2.45) is 0 Å². The molecule has 0 aromatic heterocycles. The topological polar surface area (TPSA) is 89.5 Å². The molecule has 146 valence electrons. The second-order valence-electron chi connectivity index (χ2n) is 6.69. The number of anilines is 1. The van der Waals surface area contributed by atoms with Gasteiger partial charge in [0.2, 0.25) is 0 Å². The van der Waals surface area contributed by atoms with Crippen LogP contribution in [0.2, 0.25) is 0 Å². The van der Waals surface area contributed by atoms with Crippen LogP contribution in [0.1, 0.15) is 37.4 Å². The van der Waals surface area contributed by atoms with Crippen LogP contribution in [-0.4, -0.2) is 27.1 Å². The van der Waals surface area contributed by atoms with Crippen molar-refractivity contribution < 1.29 is 22.7 Å². The number of carbonyl (C=O) groups excluding carboxylic acids is 2. The van der Waals surface area contributed by atoms with Crippen molar-refractivity contribution >= 4 is 27.3 Å². The first kappa shape index (κ1) is 18.9. The SMILES string of the molecule is COc1ccc(NS(=O)(=O)c2ccc(C)cc2)c2c1C(=O)c1ccccc1C2=O. The van der Waals surface area contributed by atoms with Gasteiger partial charge in [0.25, 0.3) is 10.0 Å². The molecular weight excluding hydrogens is 390 g/mol. The van der Waals surface area contributed by atoms with E-state index in [-0.39, 0.29) is 44.4 Å². The Morgan fingerprint density at radius 2 is 1.38 bits per heavy atom. The highest BCUT2D eigenvalue weighted by molar-refractivity contribution is 7.92. The van der Waals surface area contributed by atoms with Gasteiger partial charge in [-0.2, -0.15) is 0 Å². The highest BCUT2D eigenvalue weighted by Crippen LogP contribution is 2.38. The van der Waals surface area contributed by atoms with Gasteiger partial charge >= 0.3 is 0 Å². The lowest BCUT2D eigenvalue weighted by atomic mass is 9.83. The molecule has 0 amide bonds. The highest BCUT2D eigenvalue weighted by atomic mass is 32.2. The number of sulfonamides is 1. The number of benzene rings is 3. The van der Waals surface area contributed by atoms with Gasteiger partial charge in [-0.3, -0.25) is 14.3 Å².